The highest BCUT2D eigenvalue weighted by Gasteiger charge is 2.30. The maximum Gasteiger partial charge on any atom is 0.338 e. The van der Waals surface area contributed by atoms with Crippen LogP contribution in [-0.2, 0) is 22.6 Å². The van der Waals surface area contributed by atoms with Crippen LogP contribution in [-0.4, -0.2) is 11.9 Å². The van der Waals surface area contributed by atoms with E-state index < -0.39 is 0 Å². The summed E-state index contributed by atoms with van der Waals surface area (Å²) < 4.78 is 5.15. The molecule has 4 nitrogen and oxygen atoms in total. The van der Waals surface area contributed by atoms with E-state index in [1.807, 2.05) is 6.07 Å². The number of ether oxygens (including phenoxy) is 1. The van der Waals surface area contributed by atoms with Crippen molar-refractivity contribution in [2.45, 2.75) is 52.6 Å². The van der Waals surface area contributed by atoms with Crippen LogP contribution in [0.2, 0.25) is 0 Å². The second-order valence-corrected chi connectivity index (χ2v) is 5.91. The fourth-order valence-electron chi connectivity index (χ4n) is 2.95. The lowest BCUT2D eigenvalue weighted by Crippen LogP contribution is -2.18. The average Bonchev–Trinajstić information content (AvgIpc) is 2.68. The van der Waals surface area contributed by atoms with Gasteiger partial charge in [0.25, 0.3) is 0 Å². The quantitative estimate of drug-likeness (QED) is 0.859. The Hall–Kier alpha value is -1.84. The molecular formula is C16H21NO3. The summed E-state index contributed by atoms with van der Waals surface area (Å²) >= 11 is 0. The van der Waals surface area contributed by atoms with E-state index in [9.17, 15) is 9.59 Å². The molecule has 0 fully saturated rings. The smallest absolute Gasteiger partial charge is 0.338 e. The lowest BCUT2D eigenvalue weighted by Gasteiger charge is -2.21. The Morgan fingerprint density at radius 3 is 2.45 bits per heavy atom. The summed E-state index contributed by atoms with van der Waals surface area (Å²) in [6.45, 7) is 8.53. The highest BCUT2D eigenvalue weighted by Crippen LogP contribution is 2.36. The Labute approximate surface area is 119 Å². The van der Waals surface area contributed by atoms with Gasteiger partial charge in [0.1, 0.15) is 6.61 Å². The van der Waals surface area contributed by atoms with Gasteiger partial charge in [0.05, 0.1) is 12.0 Å². The van der Waals surface area contributed by atoms with Gasteiger partial charge in [-0.15, -0.1) is 0 Å². The molecule has 0 unspecified atom stereocenters. The molecule has 20 heavy (non-hydrogen) atoms. The second kappa shape index (κ2) is 5.27. The van der Waals surface area contributed by atoms with Crippen molar-refractivity contribution in [3.63, 3.8) is 0 Å². The normalized spacial score (nSPS) is 13.8. The number of esters is 1. The van der Waals surface area contributed by atoms with E-state index >= 15 is 0 Å². The summed E-state index contributed by atoms with van der Waals surface area (Å²) in [4.78, 5) is 23.2. The molecular weight excluding hydrogens is 254 g/mol. The highest BCUT2D eigenvalue weighted by molar-refractivity contribution is 5.95. The minimum Gasteiger partial charge on any atom is -0.457 e. The molecule has 1 aliphatic heterocycles. The summed E-state index contributed by atoms with van der Waals surface area (Å²) in [6.07, 6.45) is 0.211. The zero-order valence-corrected chi connectivity index (χ0v) is 12.4. The minimum atomic E-state index is -0.348. The van der Waals surface area contributed by atoms with Crippen LogP contribution >= 0.6 is 0 Å². The molecule has 0 aliphatic carbocycles. The molecule has 0 saturated heterocycles. The first-order valence-corrected chi connectivity index (χ1v) is 6.96. The van der Waals surface area contributed by atoms with E-state index in [0.717, 1.165) is 22.3 Å². The van der Waals surface area contributed by atoms with E-state index in [1.165, 1.54) is 0 Å². The zero-order chi connectivity index (χ0) is 15.0. The number of primary amides is 1. The number of hydrogen-bond acceptors (Lipinski definition) is 3. The Kier molecular flexibility index (Phi) is 3.84. The molecule has 0 radical (unpaired) electrons. The van der Waals surface area contributed by atoms with Crippen LogP contribution in [0, 0.1) is 0 Å². The van der Waals surface area contributed by atoms with Crippen molar-refractivity contribution < 1.29 is 14.3 Å². The molecule has 0 spiro atoms. The van der Waals surface area contributed by atoms with Crippen LogP contribution in [0.4, 0.5) is 0 Å². The molecule has 0 saturated carbocycles. The van der Waals surface area contributed by atoms with Gasteiger partial charge in [-0.25, -0.2) is 4.79 Å². The standard InChI is InChI=1S/C16H21NO3/c1-8(2)10-5-12-13(7-20-16(12)19)15(9(3)4)11(10)6-14(17)18/h5,8-9H,6-7H2,1-4H3,(H2,17,18). The van der Waals surface area contributed by atoms with E-state index in [2.05, 4.69) is 27.7 Å². The number of cyclic esters (lactones) is 1. The number of hydrogen-bond donors (Lipinski definition) is 1. The van der Waals surface area contributed by atoms with Gasteiger partial charge in [-0.1, -0.05) is 27.7 Å². The van der Waals surface area contributed by atoms with Crippen LogP contribution in [0.15, 0.2) is 6.07 Å². The van der Waals surface area contributed by atoms with Crippen LogP contribution in [0.1, 0.15) is 72.1 Å². The molecule has 1 aliphatic rings. The van der Waals surface area contributed by atoms with E-state index in [-0.39, 0.29) is 30.1 Å². The maximum absolute atomic E-state index is 11.8. The topological polar surface area (TPSA) is 69.4 Å². The maximum atomic E-state index is 11.8. The third kappa shape index (κ3) is 2.42. The molecule has 0 aromatic heterocycles. The second-order valence-electron chi connectivity index (χ2n) is 5.91. The van der Waals surface area contributed by atoms with Crippen LogP contribution in [0.5, 0.6) is 0 Å². The molecule has 2 N–H and O–H groups in total. The van der Waals surface area contributed by atoms with Crippen LogP contribution < -0.4 is 5.73 Å². The molecule has 1 amide bonds. The van der Waals surface area contributed by atoms with Crippen LogP contribution in [0.25, 0.3) is 0 Å². The molecule has 108 valence electrons. The summed E-state index contributed by atoms with van der Waals surface area (Å²) in [5.41, 5.74) is 10.0. The molecule has 4 heteroatoms. The van der Waals surface area contributed by atoms with Gasteiger partial charge in [0.15, 0.2) is 0 Å². The lowest BCUT2D eigenvalue weighted by atomic mass is 9.82. The first kappa shape index (κ1) is 14.6. The molecule has 1 aromatic carbocycles. The monoisotopic (exact) mass is 275 g/mol. The number of carbonyl (C=O) groups is 2. The summed E-state index contributed by atoms with van der Waals surface area (Å²) in [5, 5.41) is 0. The third-order valence-corrected chi connectivity index (χ3v) is 3.74. The SMILES string of the molecule is CC(C)c1cc2c(c(C(C)C)c1CC(N)=O)COC2=O. The third-order valence-electron chi connectivity index (χ3n) is 3.74. The van der Waals surface area contributed by atoms with Crippen LogP contribution in [0.3, 0.4) is 0 Å². The number of fused-ring (bicyclic) bond motifs is 1. The fourth-order valence-corrected chi connectivity index (χ4v) is 2.95. The molecule has 1 heterocycles. The predicted molar refractivity (Wildman–Crippen MR) is 76.6 cm³/mol. The van der Waals surface area contributed by atoms with E-state index in [0.29, 0.717) is 12.2 Å². The largest absolute Gasteiger partial charge is 0.457 e. The minimum absolute atomic E-state index is 0.211. The molecule has 1 aromatic rings. The number of amides is 1. The van der Waals surface area contributed by atoms with Crippen molar-refractivity contribution in [1.29, 1.82) is 0 Å². The van der Waals surface area contributed by atoms with E-state index in [1.54, 1.807) is 0 Å². The number of nitrogens with two attached hydrogens (primary N) is 1. The first-order valence-electron chi connectivity index (χ1n) is 6.96. The van der Waals surface area contributed by atoms with Gasteiger partial charge in [-0.2, -0.15) is 0 Å². The van der Waals surface area contributed by atoms with Crippen molar-refractivity contribution in [2.24, 2.45) is 5.73 Å². The van der Waals surface area contributed by atoms with Gasteiger partial charge in [0.2, 0.25) is 5.91 Å². The first-order chi connectivity index (χ1) is 9.32. The average molecular weight is 275 g/mol. The lowest BCUT2D eigenvalue weighted by molar-refractivity contribution is -0.117. The fraction of sp³-hybridized carbons (Fsp3) is 0.500. The Morgan fingerprint density at radius 1 is 1.30 bits per heavy atom. The molecule has 0 bridgehead atoms. The summed E-state index contributed by atoms with van der Waals surface area (Å²) in [7, 11) is 0. The number of carbonyl (C=O) groups excluding carboxylic acids is 2. The molecule has 2 rings (SSSR count). The van der Waals surface area contributed by atoms with Crippen molar-refractivity contribution in [3.8, 4) is 0 Å². The zero-order valence-electron chi connectivity index (χ0n) is 12.4. The summed E-state index contributed by atoms with van der Waals surface area (Å²) in [6, 6.07) is 1.87. The number of benzene rings is 1. The van der Waals surface area contributed by atoms with Gasteiger partial charge in [0, 0.05) is 5.56 Å². The van der Waals surface area contributed by atoms with Gasteiger partial charge in [-0.05, 0) is 34.6 Å². The van der Waals surface area contributed by atoms with Gasteiger partial charge in [-0.3, -0.25) is 4.79 Å². The Morgan fingerprint density at radius 2 is 1.95 bits per heavy atom. The highest BCUT2D eigenvalue weighted by atomic mass is 16.5. The molecule has 0 atom stereocenters. The van der Waals surface area contributed by atoms with Gasteiger partial charge >= 0.3 is 5.97 Å². The predicted octanol–water partition coefficient (Wildman–Crippen LogP) is 2.63. The number of rotatable bonds is 4. The van der Waals surface area contributed by atoms with Crippen molar-refractivity contribution in [2.75, 3.05) is 0 Å². The van der Waals surface area contributed by atoms with Gasteiger partial charge < -0.3 is 10.5 Å². The summed E-state index contributed by atoms with van der Waals surface area (Å²) in [5.74, 6) is -0.180. The van der Waals surface area contributed by atoms with E-state index in [4.69, 9.17) is 10.5 Å². The van der Waals surface area contributed by atoms with Crippen molar-refractivity contribution in [1.82, 2.24) is 0 Å². The van der Waals surface area contributed by atoms with Crippen molar-refractivity contribution >= 4 is 11.9 Å². The Bertz CT molecular complexity index is 574. The van der Waals surface area contributed by atoms with Crippen molar-refractivity contribution in [3.05, 3.63) is 33.9 Å². The Balaban J connectivity index is 2.75.